The van der Waals surface area contributed by atoms with Gasteiger partial charge in [-0.2, -0.15) is 0 Å². The lowest BCUT2D eigenvalue weighted by Gasteiger charge is -2.19. The fraction of sp³-hybridized carbons (Fsp3) is 0.571. The normalized spacial score (nSPS) is 13.1. The van der Waals surface area contributed by atoms with Crippen molar-refractivity contribution in [3.05, 3.63) is 35.1 Å². The SMILES string of the molecule is Cc1ccc(F)cc1CNC(CO)CC(C)C. The Morgan fingerprint density at radius 2 is 2.06 bits per heavy atom. The van der Waals surface area contributed by atoms with E-state index in [0.29, 0.717) is 12.5 Å². The van der Waals surface area contributed by atoms with E-state index in [1.807, 2.05) is 6.92 Å². The van der Waals surface area contributed by atoms with Crippen LogP contribution < -0.4 is 5.32 Å². The van der Waals surface area contributed by atoms with Gasteiger partial charge in [-0.25, -0.2) is 4.39 Å². The molecular weight excluding hydrogens is 217 g/mol. The molecule has 0 amide bonds. The zero-order valence-corrected chi connectivity index (χ0v) is 10.8. The average Bonchev–Trinajstić information content (AvgIpc) is 2.28. The molecule has 0 aliphatic rings. The van der Waals surface area contributed by atoms with Crippen LogP contribution in [-0.4, -0.2) is 17.8 Å². The summed E-state index contributed by atoms with van der Waals surface area (Å²) in [6.45, 7) is 6.93. The fourth-order valence-electron chi connectivity index (χ4n) is 1.88. The number of rotatable bonds is 6. The Morgan fingerprint density at radius 3 is 2.65 bits per heavy atom. The second-order valence-corrected chi connectivity index (χ2v) is 4.96. The molecule has 0 saturated carbocycles. The Balaban J connectivity index is 2.56. The topological polar surface area (TPSA) is 32.3 Å². The molecule has 1 rings (SSSR count). The van der Waals surface area contributed by atoms with Crippen LogP contribution in [-0.2, 0) is 6.54 Å². The van der Waals surface area contributed by atoms with Crippen molar-refractivity contribution in [1.82, 2.24) is 5.32 Å². The smallest absolute Gasteiger partial charge is 0.123 e. The molecule has 0 saturated heterocycles. The second kappa shape index (κ2) is 6.72. The molecule has 0 fully saturated rings. The van der Waals surface area contributed by atoms with Gasteiger partial charge in [-0.15, -0.1) is 0 Å². The first kappa shape index (κ1) is 14.1. The highest BCUT2D eigenvalue weighted by Gasteiger charge is 2.09. The van der Waals surface area contributed by atoms with E-state index < -0.39 is 0 Å². The van der Waals surface area contributed by atoms with Crippen LogP contribution in [0.1, 0.15) is 31.4 Å². The summed E-state index contributed by atoms with van der Waals surface area (Å²) in [5.74, 6) is 0.324. The van der Waals surface area contributed by atoms with Crippen molar-refractivity contribution in [1.29, 1.82) is 0 Å². The molecule has 1 atom stereocenters. The van der Waals surface area contributed by atoms with Gasteiger partial charge in [-0.3, -0.25) is 0 Å². The summed E-state index contributed by atoms with van der Waals surface area (Å²) in [5.41, 5.74) is 2.02. The lowest BCUT2D eigenvalue weighted by Crippen LogP contribution is -2.33. The van der Waals surface area contributed by atoms with E-state index in [9.17, 15) is 9.50 Å². The van der Waals surface area contributed by atoms with Crippen molar-refractivity contribution in [2.45, 2.75) is 39.8 Å². The zero-order chi connectivity index (χ0) is 12.8. The first-order valence-electron chi connectivity index (χ1n) is 6.12. The first-order chi connectivity index (χ1) is 8.02. The minimum Gasteiger partial charge on any atom is -0.395 e. The van der Waals surface area contributed by atoms with Gasteiger partial charge in [0.05, 0.1) is 6.61 Å². The Kier molecular flexibility index (Phi) is 5.59. The lowest BCUT2D eigenvalue weighted by molar-refractivity contribution is 0.223. The van der Waals surface area contributed by atoms with Crippen LogP contribution in [0.3, 0.4) is 0 Å². The summed E-state index contributed by atoms with van der Waals surface area (Å²) in [6, 6.07) is 4.88. The van der Waals surface area contributed by atoms with Crippen LogP contribution in [0.15, 0.2) is 18.2 Å². The maximum atomic E-state index is 13.1. The highest BCUT2D eigenvalue weighted by molar-refractivity contribution is 5.26. The maximum absolute atomic E-state index is 13.1. The number of benzene rings is 1. The van der Waals surface area contributed by atoms with E-state index in [1.54, 1.807) is 12.1 Å². The monoisotopic (exact) mass is 239 g/mol. The lowest BCUT2D eigenvalue weighted by atomic mass is 10.0. The van der Waals surface area contributed by atoms with Crippen molar-refractivity contribution in [3.63, 3.8) is 0 Å². The van der Waals surface area contributed by atoms with E-state index in [2.05, 4.69) is 19.2 Å². The molecule has 0 aliphatic heterocycles. The van der Waals surface area contributed by atoms with Gasteiger partial charge in [0.15, 0.2) is 0 Å². The molecule has 1 aromatic carbocycles. The van der Waals surface area contributed by atoms with Gasteiger partial charge in [0.1, 0.15) is 5.82 Å². The van der Waals surface area contributed by atoms with Crippen molar-refractivity contribution in [2.24, 2.45) is 5.92 Å². The van der Waals surface area contributed by atoms with Gasteiger partial charge < -0.3 is 10.4 Å². The summed E-state index contributed by atoms with van der Waals surface area (Å²) in [6.07, 6.45) is 0.921. The van der Waals surface area contributed by atoms with Gasteiger partial charge in [-0.1, -0.05) is 19.9 Å². The predicted molar refractivity (Wildman–Crippen MR) is 68.3 cm³/mol. The molecule has 3 heteroatoms. The molecule has 0 bridgehead atoms. The van der Waals surface area contributed by atoms with Crippen molar-refractivity contribution in [2.75, 3.05) is 6.61 Å². The second-order valence-electron chi connectivity index (χ2n) is 4.96. The minimum absolute atomic E-state index is 0.0812. The number of hydrogen-bond acceptors (Lipinski definition) is 2. The van der Waals surface area contributed by atoms with Crippen LogP contribution in [0.25, 0.3) is 0 Å². The molecule has 0 aromatic heterocycles. The molecule has 2 nitrogen and oxygen atoms in total. The molecule has 96 valence electrons. The fourth-order valence-corrected chi connectivity index (χ4v) is 1.88. The molecule has 0 aliphatic carbocycles. The molecule has 0 spiro atoms. The largest absolute Gasteiger partial charge is 0.395 e. The Labute approximate surface area is 103 Å². The molecule has 0 heterocycles. The van der Waals surface area contributed by atoms with Gasteiger partial charge in [0, 0.05) is 12.6 Å². The Bertz CT molecular complexity index is 352. The van der Waals surface area contributed by atoms with E-state index in [-0.39, 0.29) is 18.5 Å². The highest BCUT2D eigenvalue weighted by Crippen LogP contribution is 2.11. The highest BCUT2D eigenvalue weighted by atomic mass is 19.1. The molecule has 17 heavy (non-hydrogen) atoms. The summed E-state index contributed by atoms with van der Waals surface area (Å²) in [4.78, 5) is 0. The predicted octanol–water partition coefficient (Wildman–Crippen LogP) is 2.63. The number of nitrogens with one attached hydrogen (secondary N) is 1. The third-order valence-electron chi connectivity index (χ3n) is 2.87. The third kappa shape index (κ3) is 4.84. The minimum atomic E-state index is -0.211. The molecule has 2 N–H and O–H groups in total. The van der Waals surface area contributed by atoms with Gasteiger partial charge in [-0.05, 0) is 42.5 Å². The van der Waals surface area contributed by atoms with Crippen LogP contribution in [0, 0.1) is 18.7 Å². The van der Waals surface area contributed by atoms with Crippen LogP contribution in [0.2, 0.25) is 0 Å². The average molecular weight is 239 g/mol. The van der Waals surface area contributed by atoms with Gasteiger partial charge >= 0.3 is 0 Å². The van der Waals surface area contributed by atoms with Crippen LogP contribution >= 0.6 is 0 Å². The van der Waals surface area contributed by atoms with E-state index in [1.165, 1.54) is 6.07 Å². The Morgan fingerprint density at radius 1 is 1.35 bits per heavy atom. The number of aliphatic hydroxyl groups is 1. The number of aryl methyl sites for hydroxylation is 1. The van der Waals surface area contributed by atoms with Gasteiger partial charge in [0.2, 0.25) is 0 Å². The molecular formula is C14H22FNO. The summed E-state index contributed by atoms with van der Waals surface area (Å²) in [7, 11) is 0. The molecule has 1 unspecified atom stereocenters. The number of halogens is 1. The van der Waals surface area contributed by atoms with Crippen molar-refractivity contribution < 1.29 is 9.50 Å². The van der Waals surface area contributed by atoms with Crippen LogP contribution in [0.5, 0.6) is 0 Å². The summed E-state index contributed by atoms with van der Waals surface area (Å²) < 4.78 is 13.1. The van der Waals surface area contributed by atoms with Crippen molar-refractivity contribution >= 4 is 0 Å². The maximum Gasteiger partial charge on any atom is 0.123 e. The third-order valence-corrected chi connectivity index (χ3v) is 2.87. The Hall–Kier alpha value is -0.930. The number of hydrogen-bond donors (Lipinski definition) is 2. The van der Waals surface area contributed by atoms with E-state index in [4.69, 9.17) is 0 Å². The first-order valence-corrected chi connectivity index (χ1v) is 6.12. The number of aliphatic hydroxyl groups excluding tert-OH is 1. The molecule has 1 aromatic rings. The van der Waals surface area contributed by atoms with Crippen LogP contribution in [0.4, 0.5) is 4.39 Å². The van der Waals surface area contributed by atoms with E-state index >= 15 is 0 Å². The van der Waals surface area contributed by atoms with Gasteiger partial charge in [0.25, 0.3) is 0 Å². The summed E-state index contributed by atoms with van der Waals surface area (Å²) >= 11 is 0. The van der Waals surface area contributed by atoms with E-state index in [0.717, 1.165) is 17.5 Å². The quantitative estimate of drug-likeness (QED) is 0.800. The molecule has 0 radical (unpaired) electrons. The summed E-state index contributed by atoms with van der Waals surface area (Å²) in [5, 5.41) is 12.5. The zero-order valence-electron chi connectivity index (χ0n) is 10.8. The van der Waals surface area contributed by atoms with Crippen molar-refractivity contribution in [3.8, 4) is 0 Å². The standard InChI is InChI=1S/C14H22FNO/c1-10(2)6-14(9-17)16-8-12-7-13(15)5-4-11(12)3/h4-5,7,10,14,16-17H,6,8-9H2,1-3H3.